The number of rotatable bonds is 0. The van der Waals surface area contributed by atoms with Crippen LogP contribution < -0.4 is 0 Å². The molecule has 0 fully saturated rings. The third-order valence-electron chi connectivity index (χ3n) is 4.83. The second kappa shape index (κ2) is 6.70. The highest BCUT2D eigenvalue weighted by Gasteiger charge is 2.16. The van der Waals surface area contributed by atoms with Crippen LogP contribution in [0.25, 0.3) is 41.7 Å². The average Bonchev–Trinajstić information content (AvgIpc) is 3.21. The number of fused-ring (bicyclic) bond motifs is 4. The van der Waals surface area contributed by atoms with E-state index in [0.29, 0.717) is 0 Å². The van der Waals surface area contributed by atoms with E-state index in [9.17, 15) is 0 Å². The van der Waals surface area contributed by atoms with Crippen molar-refractivity contribution in [2.24, 2.45) is 0 Å². The van der Waals surface area contributed by atoms with Crippen molar-refractivity contribution in [2.45, 2.75) is 13.8 Å². The lowest BCUT2D eigenvalue weighted by molar-refractivity contribution is 1.77. The van der Waals surface area contributed by atoms with Crippen LogP contribution in [0, 0.1) is 23.7 Å². The van der Waals surface area contributed by atoms with Gasteiger partial charge in [0.2, 0.25) is 0 Å². The van der Waals surface area contributed by atoms with Crippen LogP contribution in [0.3, 0.4) is 0 Å². The Morgan fingerprint density at radius 2 is 1.00 bits per heavy atom. The zero-order valence-corrected chi connectivity index (χ0v) is 18.2. The molecule has 4 heteroatoms. The molecule has 2 aromatic heterocycles. The van der Waals surface area contributed by atoms with Crippen LogP contribution in [-0.2, 0) is 0 Å². The summed E-state index contributed by atoms with van der Waals surface area (Å²) in [6, 6.07) is 12.8. The van der Waals surface area contributed by atoms with Gasteiger partial charge in [0.15, 0.2) is 0 Å². The molecule has 3 aromatic carbocycles. The zero-order chi connectivity index (χ0) is 19.4. The van der Waals surface area contributed by atoms with Crippen molar-refractivity contribution in [3.05, 3.63) is 56.2 Å². The minimum Gasteiger partial charge on any atom is -0.123 e. The van der Waals surface area contributed by atoms with Crippen molar-refractivity contribution in [1.82, 2.24) is 0 Å². The number of benzene rings is 3. The monoisotopic (exact) mass is 434 g/mol. The highest BCUT2D eigenvalue weighted by molar-refractivity contribution is 7.23. The summed E-state index contributed by atoms with van der Waals surface area (Å²) in [7, 11) is 0. The van der Waals surface area contributed by atoms with Crippen LogP contribution in [0.4, 0.5) is 0 Å². The molecule has 134 valence electrons. The SMILES string of the molecule is CC#Cc1c2cc3cc(Cl)sc3cc2c(C#CC)c2cc3cc(Cl)sc3cc12. The van der Waals surface area contributed by atoms with Gasteiger partial charge in [0.05, 0.1) is 8.67 Å². The van der Waals surface area contributed by atoms with Gasteiger partial charge in [0, 0.05) is 31.3 Å². The molecule has 5 aromatic rings. The van der Waals surface area contributed by atoms with E-state index in [2.05, 4.69) is 47.9 Å². The van der Waals surface area contributed by atoms with Gasteiger partial charge in [-0.25, -0.2) is 0 Å². The van der Waals surface area contributed by atoms with Crippen LogP contribution in [0.5, 0.6) is 0 Å². The lowest BCUT2D eigenvalue weighted by Gasteiger charge is -2.12. The largest absolute Gasteiger partial charge is 0.123 e. The van der Waals surface area contributed by atoms with E-state index in [1.54, 1.807) is 22.7 Å². The lowest BCUT2D eigenvalue weighted by atomic mass is 9.91. The molecule has 0 saturated carbocycles. The molecule has 0 aliphatic rings. The van der Waals surface area contributed by atoms with Gasteiger partial charge in [-0.1, -0.05) is 35.0 Å². The molecule has 5 rings (SSSR count). The molecule has 0 N–H and O–H groups in total. The first-order chi connectivity index (χ1) is 13.6. The molecular formula is C24H12Cl2S2. The highest BCUT2D eigenvalue weighted by atomic mass is 35.5. The predicted octanol–water partition coefficient (Wildman–Crippen LogP) is 8.47. The Kier molecular flexibility index (Phi) is 4.27. The Morgan fingerprint density at radius 1 is 0.607 bits per heavy atom. The van der Waals surface area contributed by atoms with Crippen molar-refractivity contribution in [3.63, 3.8) is 0 Å². The standard InChI is InChI=1S/C24H12Cl2S2/c1-3-5-15-17-7-13-9-23(25)28-22(13)12-20(17)16(6-4-2)18-8-14-10-24(26)27-21(14)11-19(15)18/h7-12H,1-2H3. The molecule has 0 amide bonds. The smallest absolute Gasteiger partial charge is 0.0940 e. The topological polar surface area (TPSA) is 0 Å². The summed E-state index contributed by atoms with van der Waals surface area (Å²) in [4.78, 5) is 0. The number of halogens is 2. The second-order valence-corrected chi connectivity index (χ2v) is 9.90. The Balaban J connectivity index is 2.10. The Labute approximate surface area is 180 Å². The van der Waals surface area contributed by atoms with E-state index in [-0.39, 0.29) is 0 Å². The van der Waals surface area contributed by atoms with Crippen LogP contribution in [0.1, 0.15) is 25.0 Å². The molecule has 0 aliphatic heterocycles. The summed E-state index contributed by atoms with van der Waals surface area (Å²) >= 11 is 15.7. The highest BCUT2D eigenvalue weighted by Crippen LogP contribution is 2.41. The minimum absolute atomic E-state index is 0.788. The summed E-state index contributed by atoms with van der Waals surface area (Å²) < 4.78 is 3.89. The summed E-state index contributed by atoms with van der Waals surface area (Å²) in [5.41, 5.74) is 2.06. The Hall–Kier alpha value is -2.20. The van der Waals surface area contributed by atoms with Crippen molar-refractivity contribution < 1.29 is 0 Å². The third kappa shape index (κ3) is 2.69. The fraction of sp³-hybridized carbons (Fsp3) is 0.0833. The van der Waals surface area contributed by atoms with Gasteiger partial charge < -0.3 is 0 Å². The van der Waals surface area contributed by atoms with E-state index in [0.717, 1.165) is 61.5 Å². The van der Waals surface area contributed by atoms with Crippen LogP contribution in [0.15, 0.2) is 36.4 Å². The predicted molar refractivity (Wildman–Crippen MR) is 127 cm³/mol. The second-order valence-electron chi connectivity index (χ2n) is 6.47. The summed E-state index contributed by atoms with van der Waals surface area (Å²) in [6.07, 6.45) is 0. The van der Waals surface area contributed by atoms with Gasteiger partial charge in [0.25, 0.3) is 0 Å². The fourth-order valence-electron chi connectivity index (χ4n) is 3.75. The molecule has 0 saturated heterocycles. The average molecular weight is 435 g/mol. The summed E-state index contributed by atoms with van der Waals surface area (Å²) in [5.74, 6) is 12.9. The maximum atomic E-state index is 6.28. The number of hydrogen-bond acceptors (Lipinski definition) is 2. The first-order valence-electron chi connectivity index (χ1n) is 8.66. The molecule has 0 aliphatic carbocycles. The fourth-order valence-corrected chi connectivity index (χ4v) is 6.10. The van der Waals surface area contributed by atoms with Crippen molar-refractivity contribution in [2.75, 3.05) is 0 Å². The molecule has 0 radical (unpaired) electrons. The van der Waals surface area contributed by atoms with Crippen LogP contribution in [0.2, 0.25) is 8.67 Å². The van der Waals surface area contributed by atoms with E-state index >= 15 is 0 Å². The van der Waals surface area contributed by atoms with Gasteiger partial charge in [-0.3, -0.25) is 0 Å². The molecule has 0 nitrogen and oxygen atoms in total. The van der Waals surface area contributed by atoms with Crippen molar-refractivity contribution >= 4 is 87.6 Å². The van der Waals surface area contributed by atoms with E-state index < -0.39 is 0 Å². The van der Waals surface area contributed by atoms with Crippen molar-refractivity contribution in [3.8, 4) is 23.7 Å². The summed E-state index contributed by atoms with van der Waals surface area (Å²) in [5, 5.41) is 6.73. The van der Waals surface area contributed by atoms with Crippen LogP contribution in [-0.4, -0.2) is 0 Å². The molecule has 0 atom stereocenters. The van der Waals surface area contributed by atoms with Gasteiger partial charge in [-0.05, 0) is 71.8 Å². The summed E-state index contributed by atoms with van der Waals surface area (Å²) in [6.45, 7) is 3.75. The van der Waals surface area contributed by atoms with E-state index in [1.807, 2.05) is 26.0 Å². The lowest BCUT2D eigenvalue weighted by Crippen LogP contribution is -1.90. The first kappa shape index (κ1) is 17.9. The van der Waals surface area contributed by atoms with Gasteiger partial charge in [0.1, 0.15) is 0 Å². The van der Waals surface area contributed by atoms with Crippen molar-refractivity contribution in [1.29, 1.82) is 0 Å². The third-order valence-corrected chi connectivity index (χ3v) is 7.28. The first-order valence-corrected chi connectivity index (χ1v) is 11.0. The van der Waals surface area contributed by atoms with Gasteiger partial charge in [-0.2, -0.15) is 0 Å². The minimum atomic E-state index is 0.788. The Bertz CT molecular complexity index is 1350. The van der Waals surface area contributed by atoms with E-state index in [1.165, 1.54) is 0 Å². The molecule has 0 bridgehead atoms. The number of thiophene rings is 2. The van der Waals surface area contributed by atoms with E-state index in [4.69, 9.17) is 23.2 Å². The zero-order valence-electron chi connectivity index (χ0n) is 15.0. The Morgan fingerprint density at radius 3 is 1.39 bits per heavy atom. The molecule has 0 unspecified atom stereocenters. The molecule has 0 spiro atoms. The van der Waals surface area contributed by atoms with Gasteiger partial charge >= 0.3 is 0 Å². The number of hydrogen-bond donors (Lipinski definition) is 0. The molecule has 28 heavy (non-hydrogen) atoms. The molecular weight excluding hydrogens is 423 g/mol. The maximum absolute atomic E-state index is 6.28. The van der Waals surface area contributed by atoms with Gasteiger partial charge in [-0.15, -0.1) is 34.5 Å². The quantitative estimate of drug-likeness (QED) is 0.169. The normalized spacial score (nSPS) is 11.0. The molecule has 2 heterocycles. The van der Waals surface area contributed by atoms with Crippen LogP contribution >= 0.6 is 45.9 Å². The maximum Gasteiger partial charge on any atom is 0.0940 e.